The second-order valence-electron chi connectivity index (χ2n) is 5.46. The number of benzene rings is 2. The van der Waals surface area contributed by atoms with E-state index in [9.17, 15) is 12.8 Å². The van der Waals surface area contributed by atoms with Crippen molar-refractivity contribution in [3.8, 4) is 0 Å². The Kier molecular flexibility index (Phi) is 3.49. The van der Waals surface area contributed by atoms with Gasteiger partial charge in [-0.15, -0.1) is 0 Å². The van der Waals surface area contributed by atoms with Crippen LogP contribution in [0.25, 0.3) is 17.7 Å². The van der Waals surface area contributed by atoms with E-state index < -0.39 is 9.84 Å². The van der Waals surface area contributed by atoms with Crippen molar-refractivity contribution in [1.82, 2.24) is 0 Å². The summed E-state index contributed by atoms with van der Waals surface area (Å²) < 4.78 is 36.2. The summed E-state index contributed by atoms with van der Waals surface area (Å²) in [5.41, 5.74) is 4.87. The van der Waals surface area contributed by atoms with Gasteiger partial charge in [0.15, 0.2) is 9.84 Å². The van der Waals surface area contributed by atoms with Crippen molar-refractivity contribution in [3.63, 3.8) is 0 Å². The SMILES string of the molecule is CC1=Cc2cc(F)ccc2C1=Cc1ccc(S(C)(=O)=O)cc1. The van der Waals surface area contributed by atoms with Gasteiger partial charge in [0.1, 0.15) is 5.82 Å². The molecule has 2 aromatic carbocycles. The Morgan fingerprint density at radius 3 is 2.36 bits per heavy atom. The molecule has 4 heteroatoms. The molecule has 0 saturated heterocycles. The fourth-order valence-electron chi connectivity index (χ4n) is 2.59. The van der Waals surface area contributed by atoms with Gasteiger partial charge in [-0.25, -0.2) is 12.8 Å². The molecule has 0 aromatic heterocycles. The van der Waals surface area contributed by atoms with Crippen LogP contribution in [0.3, 0.4) is 0 Å². The Labute approximate surface area is 129 Å². The lowest BCUT2D eigenvalue weighted by Gasteiger charge is -2.05. The summed E-state index contributed by atoms with van der Waals surface area (Å²) in [5, 5.41) is 0. The highest BCUT2D eigenvalue weighted by Crippen LogP contribution is 2.36. The van der Waals surface area contributed by atoms with Gasteiger partial charge in [-0.2, -0.15) is 0 Å². The van der Waals surface area contributed by atoms with Crippen molar-refractivity contribution in [1.29, 1.82) is 0 Å². The highest BCUT2D eigenvalue weighted by Gasteiger charge is 2.16. The van der Waals surface area contributed by atoms with Gasteiger partial charge in [0, 0.05) is 6.26 Å². The number of hydrogen-bond acceptors (Lipinski definition) is 2. The molecule has 0 amide bonds. The average Bonchev–Trinajstić information content (AvgIpc) is 2.74. The lowest BCUT2D eigenvalue weighted by atomic mass is 10.0. The van der Waals surface area contributed by atoms with Crippen molar-refractivity contribution in [2.75, 3.05) is 6.26 Å². The number of fused-ring (bicyclic) bond motifs is 1. The molecule has 0 aliphatic heterocycles. The summed E-state index contributed by atoms with van der Waals surface area (Å²) in [5.74, 6) is -0.249. The van der Waals surface area contributed by atoms with Crippen molar-refractivity contribution in [2.24, 2.45) is 0 Å². The van der Waals surface area contributed by atoms with E-state index >= 15 is 0 Å². The summed E-state index contributed by atoms with van der Waals surface area (Å²) in [6.45, 7) is 1.98. The molecule has 1 aliphatic rings. The fraction of sp³-hybridized carbons (Fsp3) is 0.111. The number of sulfone groups is 1. The lowest BCUT2D eigenvalue weighted by Crippen LogP contribution is -1.96. The maximum Gasteiger partial charge on any atom is 0.175 e. The first kappa shape index (κ1) is 14.7. The molecule has 2 aromatic rings. The summed E-state index contributed by atoms with van der Waals surface area (Å²) >= 11 is 0. The zero-order valence-corrected chi connectivity index (χ0v) is 13.1. The first-order valence-electron chi connectivity index (χ1n) is 6.85. The molecule has 3 rings (SSSR count). The fourth-order valence-corrected chi connectivity index (χ4v) is 3.22. The molecule has 112 valence electrons. The van der Waals surface area contributed by atoms with Crippen LogP contribution in [0.15, 0.2) is 52.9 Å². The third kappa shape index (κ3) is 2.74. The van der Waals surface area contributed by atoms with Crippen molar-refractivity contribution in [3.05, 3.63) is 70.5 Å². The zero-order chi connectivity index (χ0) is 15.9. The standard InChI is InChI=1S/C18H15FO2S/c1-12-9-14-11-15(19)5-8-17(14)18(12)10-13-3-6-16(7-4-13)22(2,20)21/h3-11H,1-2H3. The zero-order valence-electron chi connectivity index (χ0n) is 12.3. The predicted molar refractivity (Wildman–Crippen MR) is 87.5 cm³/mol. The Morgan fingerprint density at radius 1 is 1.05 bits per heavy atom. The number of halogens is 1. The Morgan fingerprint density at radius 2 is 1.73 bits per heavy atom. The molecule has 2 nitrogen and oxygen atoms in total. The quantitative estimate of drug-likeness (QED) is 0.833. The third-order valence-corrected chi connectivity index (χ3v) is 4.85. The van der Waals surface area contributed by atoms with Crippen LogP contribution in [-0.4, -0.2) is 14.7 Å². The van der Waals surface area contributed by atoms with E-state index in [-0.39, 0.29) is 5.82 Å². The second kappa shape index (κ2) is 5.21. The summed E-state index contributed by atoms with van der Waals surface area (Å²) in [6, 6.07) is 11.5. The van der Waals surface area contributed by atoms with E-state index in [1.54, 1.807) is 30.3 Å². The van der Waals surface area contributed by atoms with Crippen molar-refractivity contribution < 1.29 is 12.8 Å². The Balaban J connectivity index is 2.02. The molecule has 0 radical (unpaired) electrons. The van der Waals surface area contributed by atoms with Crippen LogP contribution >= 0.6 is 0 Å². The predicted octanol–water partition coefficient (Wildman–Crippen LogP) is 4.19. The summed E-state index contributed by atoms with van der Waals surface area (Å²) in [4.78, 5) is 0.302. The maximum atomic E-state index is 13.3. The van der Waals surface area contributed by atoms with Gasteiger partial charge in [-0.1, -0.05) is 24.3 Å². The van der Waals surface area contributed by atoms with E-state index in [0.29, 0.717) is 4.90 Å². The van der Waals surface area contributed by atoms with Crippen LogP contribution in [0, 0.1) is 5.82 Å². The minimum absolute atomic E-state index is 0.249. The largest absolute Gasteiger partial charge is 0.224 e. The molecule has 0 saturated carbocycles. The van der Waals surface area contributed by atoms with E-state index in [1.807, 2.05) is 19.1 Å². The first-order chi connectivity index (χ1) is 10.3. The van der Waals surface area contributed by atoms with Crippen molar-refractivity contribution in [2.45, 2.75) is 11.8 Å². The van der Waals surface area contributed by atoms with Crippen LogP contribution in [-0.2, 0) is 9.84 Å². The molecule has 0 N–H and O–H groups in total. The lowest BCUT2D eigenvalue weighted by molar-refractivity contribution is 0.602. The summed E-state index contributed by atoms with van der Waals surface area (Å²) in [6.07, 6.45) is 5.13. The van der Waals surface area contributed by atoms with Gasteiger partial charge >= 0.3 is 0 Å². The second-order valence-corrected chi connectivity index (χ2v) is 7.47. The number of rotatable bonds is 2. The van der Waals surface area contributed by atoms with Crippen LogP contribution in [0.1, 0.15) is 23.6 Å². The van der Waals surface area contributed by atoms with Gasteiger partial charge in [0.25, 0.3) is 0 Å². The molecule has 0 bridgehead atoms. The third-order valence-electron chi connectivity index (χ3n) is 3.72. The molecule has 1 aliphatic carbocycles. The minimum Gasteiger partial charge on any atom is -0.224 e. The van der Waals surface area contributed by atoms with Gasteiger partial charge in [0.05, 0.1) is 4.90 Å². The Hall–Kier alpha value is -2.20. The van der Waals surface area contributed by atoms with Gasteiger partial charge in [0.2, 0.25) is 0 Å². The van der Waals surface area contributed by atoms with E-state index in [1.165, 1.54) is 18.4 Å². The summed E-state index contributed by atoms with van der Waals surface area (Å²) in [7, 11) is -3.18. The van der Waals surface area contributed by atoms with E-state index in [4.69, 9.17) is 0 Å². The molecular formula is C18H15FO2S. The molecular weight excluding hydrogens is 299 g/mol. The highest BCUT2D eigenvalue weighted by molar-refractivity contribution is 7.90. The number of allylic oxidation sites excluding steroid dienone is 2. The van der Waals surface area contributed by atoms with Crippen LogP contribution < -0.4 is 0 Å². The van der Waals surface area contributed by atoms with Crippen molar-refractivity contribution >= 4 is 27.6 Å². The molecule has 0 fully saturated rings. The van der Waals surface area contributed by atoms with Gasteiger partial charge in [-0.3, -0.25) is 0 Å². The first-order valence-corrected chi connectivity index (χ1v) is 8.74. The molecule has 22 heavy (non-hydrogen) atoms. The topological polar surface area (TPSA) is 34.1 Å². The highest BCUT2D eigenvalue weighted by atomic mass is 32.2. The van der Waals surface area contributed by atoms with Crippen LogP contribution in [0.2, 0.25) is 0 Å². The van der Waals surface area contributed by atoms with Crippen LogP contribution in [0.4, 0.5) is 4.39 Å². The van der Waals surface area contributed by atoms with E-state index in [2.05, 4.69) is 0 Å². The normalized spacial score (nSPS) is 15.8. The maximum absolute atomic E-state index is 13.3. The molecule has 0 heterocycles. The minimum atomic E-state index is -3.18. The molecule has 0 atom stereocenters. The smallest absolute Gasteiger partial charge is 0.175 e. The monoisotopic (exact) mass is 314 g/mol. The number of hydrogen-bond donors (Lipinski definition) is 0. The van der Waals surface area contributed by atoms with Gasteiger partial charge < -0.3 is 0 Å². The Bertz CT molecular complexity index is 905. The van der Waals surface area contributed by atoms with E-state index in [0.717, 1.165) is 27.8 Å². The molecule has 0 spiro atoms. The van der Waals surface area contributed by atoms with Gasteiger partial charge in [-0.05, 0) is 65.1 Å². The average molecular weight is 314 g/mol. The molecule has 0 unspecified atom stereocenters. The van der Waals surface area contributed by atoms with Crippen LogP contribution in [0.5, 0.6) is 0 Å².